The maximum atomic E-state index is 13.6. The smallest absolute Gasteiger partial charge is 0.278 e. The molecule has 3 aromatic carbocycles. The van der Waals surface area contributed by atoms with Crippen molar-refractivity contribution in [3.63, 3.8) is 0 Å². The lowest BCUT2D eigenvalue weighted by molar-refractivity contribution is 0.0954. The van der Waals surface area contributed by atoms with Crippen molar-refractivity contribution < 1.29 is 13.6 Å². The fraction of sp³-hybridized carbons (Fsp3) is 0.148. The molecule has 2 heterocycles. The molecule has 0 saturated heterocycles. The maximum Gasteiger partial charge on any atom is 0.278 e. The van der Waals surface area contributed by atoms with E-state index in [1.165, 1.54) is 23.1 Å². The highest BCUT2D eigenvalue weighted by Crippen LogP contribution is 2.35. The summed E-state index contributed by atoms with van der Waals surface area (Å²) in [6.45, 7) is 2.26. The molecule has 8 heteroatoms. The van der Waals surface area contributed by atoms with Crippen LogP contribution in [0.25, 0.3) is 0 Å². The molecule has 0 N–H and O–H groups in total. The molecule has 0 aliphatic carbocycles. The molecule has 1 aliphatic rings. The number of amides is 1. The Morgan fingerprint density at radius 3 is 2.23 bits per heavy atom. The summed E-state index contributed by atoms with van der Waals surface area (Å²) in [5.41, 5.74) is 3.47. The molecule has 0 radical (unpaired) electrons. The number of aliphatic imine (C=N–C) groups is 1. The van der Waals surface area contributed by atoms with E-state index >= 15 is 0 Å². The Hall–Kier alpha value is -3.84. The number of aromatic nitrogens is 2. The Balaban J connectivity index is 1.60. The van der Waals surface area contributed by atoms with Crippen molar-refractivity contribution in [2.45, 2.75) is 19.4 Å². The van der Waals surface area contributed by atoms with E-state index in [-0.39, 0.29) is 22.5 Å². The van der Waals surface area contributed by atoms with Crippen LogP contribution in [0.5, 0.6) is 0 Å². The topological polar surface area (TPSA) is 50.5 Å². The van der Waals surface area contributed by atoms with Gasteiger partial charge in [-0.3, -0.25) is 9.48 Å². The summed E-state index contributed by atoms with van der Waals surface area (Å²) in [6, 6.07) is 23.5. The van der Waals surface area contributed by atoms with Gasteiger partial charge in [-0.1, -0.05) is 72.3 Å². The minimum atomic E-state index is -2.69. The number of nitrogens with zero attached hydrogens (tertiary/aromatic N) is 4. The van der Waals surface area contributed by atoms with Crippen molar-refractivity contribution in [3.8, 4) is 0 Å². The second-order valence-electron chi connectivity index (χ2n) is 8.29. The number of benzene rings is 3. The van der Waals surface area contributed by atoms with Crippen molar-refractivity contribution in [2.75, 3.05) is 11.4 Å². The van der Waals surface area contributed by atoms with Crippen LogP contribution in [0.15, 0.2) is 90.1 Å². The number of hydrogen-bond acceptors (Lipinski definition) is 3. The van der Waals surface area contributed by atoms with E-state index in [1.807, 2.05) is 67.6 Å². The van der Waals surface area contributed by atoms with Crippen LogP contribution >= 0.6 is 11.6 Å². The number of halogens is 3. The van der Waals surface area contributed by atoms with E-state index in [0.717, 1.165) is 11.1 Å². The first-order chi connectivity index (χ1) is 16.9. The van der Waals surface area contributed by atoms with Crippen molar-refractivity contribution in [2.24, 2.45) is 4.99 Å². The molecule has 4 aromatic rings. The molecular formula is C27H21ClF2N4O. The zero-order chi connectivity index (χ0) is 24.5. The standard InChI is InChI=1S/C27H21ClF2N4O/c1-17-16-33(20-12-13-21(26(29)30)22(28)14-20)27(35)25-23(15-31-34(17)25)32-24(18-8-4-2-5-9-18)19-10-6-3-7-11-19/h2-15,17,26H,16H2,1H3/t17-/m0/s1. The molecule has 0 saturated carbocycles. The number of alkyl halides is 2. The summed E-state index contributed by atoms with van der Waals surface area (Å²) in [4.78, 5) is 20.1. The van der Waals surface area contributed by atoms with Gasteiger partial charge in [-0.25, -0.2) is 13.8 Å². The average Bonchev–Trinajstić information content (AvgIpc) is 3.30. The van der Waals surface area contributed by atoms with Gasteiger partial charge in [0.1, 0.15) is 5.69 Å². The second-order valence-corrected chi connectivity index (χ2v) is 8.69. The number of rotatable bonds is 5. The average molecular weight is 491 g/mol. The molecule has 0 unspecified atom stereocenters. The highest BCUT2D eigenvalue weighted by atomic mass is 35.5. The molecular weight excluding hydrogens is 470 g/mol. The molecule has 1 atom stereocenters. The third kappa shape index (κ3) is 4.35. The molecule has 1 aromatic heterocycles. The fourth-order valence-corrected chi connectivity index (χ4v) is 4.48. The summed E-state index contributed by atoms with van der Waals surface area (Å²) in [7, 11) is 0. The van der Waals surface area contributed by atoms with Gasteiger partial charge in [0.2, 0.25) is 0 Å². The molecule has 1 aliphatic heterocycles. The minimum Gasteiger partial charge on any atom is -0.305 e. The monoisotopic (exact) mass is 490 g/mol. The van der Waals surface area contributed by atoms with Crippen LogP contribution in [-0.4, -0.2) is 27.9 Å². The zero-order valence-electron chi connectivity index (χ0n) is 18.8. The Bertz CT molecular complexity index is 1360. The van der Waals surface area contributed by atoms with Crippen LogP contribution in [0, 0.1) is 0 Å². The van der Waals surface area contributed by atoms with Crippen LogP contribution < -0.4 is 4.90 Å². The minimum absolute atomic E-state index is 0.0780. The fourth-order valence-electron chi connectivity index (χ4n) is 4.22. The molecule has 0 bridgehead atoms. The summed E-state index contributed by atoms with van der Waals surface area (Å²) < 4.78 is 28.0. The van der Waals surface area contributed by atoms with E-state index in [1.54, 1.807) is 10.9 Å². The van der Waals surface area contributed by atoms with Crippen molar-refractivity contribution in [1.82, 2.24) is 9.78 Å². The molecule has 176 valence electrons. The van der Waals surface area contributed by atoms with Gasteiger partial charge in [0, 0.05) is 28.9 Å². The van der Waals surface area contributed by atoms with Gasteiger partial charge >= 0.3 is 0 Å². The van der Waals surface area contributed by atoms with Crippen molar-refractivity contribution >= 4 is 34.6 Å². The Kier molecular flexibility index (Phi) is 6.17. The lowest BCUT2D eigenvalue weighted by Crippen LogP contribution is -2.42. The van der Waals surface area contributed by atoms with Gasteiger partial charge in [0.15, 0.2) is 5.69 Å². The highest BCUT2D eigenvalue weighted by molar-refractivity contribution is 6.31. The van der Waals surface area contributed by atoms with E-state index in [9.17, 15) is 13.6 Å². The summed E-state index contributed by atoms with van der Waals surface area (Å²) in [6.07, 6.45) is -1.10. The van der Waals surface area contributed by atoms with Crippen LogP contribution in [0.3, 0.4) is 0 Å². The number of fused-ring (bicyclic) bond motifs is 1. The lowest BCUT2D eigenvalue weighted by Gasteiger charge is -2.32. The third-order valence-corrected chi connectivity index (χ3v) is 6.27. The van der Waals surface area contributed by atoms with Gasteiger partial charge in [0.25, 0.3) is 12.3 Å². The largest absolute Gasteiger partial charge is 0.305 e. The molecule has 0 fully saturated rings. The summed E-state index contributed by atoms with van der Waals surface area (Å²) in [5.74, 6) is -0.319. The number of hydrogen-bond donors (Lipinski definition) is 0. The van der Waals surface area contributed by atoms with E-state index < -0.39 is 6.43 Å². The van der Waals surface area contributed by atoms with Crippen LogP contribution in [0.1, 0.15) is 46.6 Å². The van der Waals surface area contributed by atoms with Gasteiger partial charge in [-0.05, 0) is 25.1 Å². The molecule has 5 rings (SSSR count). The molecule has 1 amide bonds. The van der Waals surface area contributed by atoms with Crippen LogP contribution in [0.2, 0.25) is 5.02 Å². The summed E-state index contributed by atoms with van der Waals surface area (Å²) >= 11 is 6.09. The highest BCUT2D eigenvalue weighted by Gasteiger charge is 2.34. The lowest BCUT2D eigenvalue weighted by atomic mass is 10.0. The Morgan fingerprint density at radius 1 is 1.03 bits per heavy atom. The SMILES string of the molecule is C[C@H]1CN(c2ccc(C(F)F)c(Cl)c2)C(=O)c2c(N=C(c3ccccc3)c3ccccc3)cnn21. The third-order valence-electron chi connectivity index (χ3n) is 5.95. The number of carbonyl (C=O) groups excluding carboxylic acids is 1. The Morgan fingerprint density at radius 2 is 1.66 bits per heavy atom. The van der Waals surface area contributed by atoms with E-state index in [0.29, 0.717) is 29.3 Å². The van der Waals surface area contributed by atoms with Gasteiger partial charge in [0.05, 0.1) is 23.0 Å². The van der Waals surface area contributed by atoms with Gasteiger partial charge in [-0.2, -0.15) is 5.10 Å². The van der Waals surface area contributed by atoms with E-state index in [4.69, 9.17) is 16.6 Å². The number of anilines is 1. The first-order valence-corrected chi connectivity index (χ1v) is 11.5. The van der Waals surface area contributed by atoms with Crippen LogP contribution in [-0.2, 0) is 0 Å². The second kappa shape index (κ2) is 9.43. The molecule has 35 heavy (non-hydrogen) atoms. The summed E-state index contributed by atoms with van der Waals surface area (Å²) in [5, 5.41) is 4.37. The molecule has 5 nitrogen and oxygen atoms in total. The first-order valence-electron chi connectivity index (χ1n) is 11.1. The van der Waals surface area contributed by atoms with Gasteiger partial charge < -0.3 is 4.90 Å². The maximum absolute atomic E-state index is 13.6. The van der Waals surface area contributed by atoms with E-state index in [2.05, 4.69) is 5.10 Å². The van der Waals surface area contributed by atoms with Gasteiger partial charge in [-0.15, -0.1) is 0 Å². The predicted molar refractivity (Wildman–Crippen MR) is 133 cm³/mol. The molecule has 0 spiro atoms. The van der Waals surface area contributed by atoms with Crippen molar-refractivity contribution in [1.29, 1.82) is 0 Å². The van der Waals surface area contributed by atoms with Crippen molar-refractivity contribution in [3.05, 3.63) is 112 Å². The zero-order valence-corrected chi connectivity index (χ0v) is 19.5. The number of carbonyl (C=O) groups is 1. The normalized spacial score (nSPS) is 15.3. The predicted octanol–water partition coefficient (Wildman–Crippen LogP) is 6.86. The Labute approximate surface area is 206 Å². The first kappa shape index (κ1) is 22.9. The quantitative estimate of drug-likeness (QED) is 0.287. The van der Waals surface area contributed by atoms with Crippen LogP contribution in [0.4, 0.5) is 20.2 Å².